The molecule has 0 spiro atoms. The van der Waals surface area contributed by atoms with Gasteiger partial charge in [0.25, 0.3) is 0 Å². The van der Waals surface area contributed by atoms with Crippen LogP contribution < -0.4 is 66.4 Å². The van der Waals surface area contributed by atoms with Crippen molar-refractivity contribution in [2.24, 2.45) is 49.6 Å². The first-order valence-electron chi connectivity index (χ1n) is 17.6. The maximum absolute atomic E-state index is 13.3. The molecule has 0 fully saturated rings. The molecule has 24 nitrogen and oxygen atoms in total. The van der Waals surface area contributed by atoms with E-state index in [0.29, 0.717) is 38.8 Å². The number of nitrogens with two attached hydrogens (primary N) is 6. The third kappa shape index (κ3) is 22.4. The van der Waals surface area contributed by atoms with E-state index in [0.717, 1.165) is 0 Å². The first kappa shape index (κ1) is 48.4. The van der Waals surface area contributed by atoms with Crippen LogP contribution in [0.1, 0.15) is 78.1 Å². The molecule has 0 aromatic heterocycles. The minimum Gasteiger partial charge on any atom is -0.480 e. The van der Waals surface area contributed by atoms with Crippen molar-refractivity contribution < 1.29 is 33.9 Å². The van der Waals surface area contributed by atoms with Crippen LogP contribution in [0.3, 0.4) is 0 Å². The van der Waals surface area contributed by atoms with Gasteiger partial charge in [0, 0.05) is 13.1 Å². The Labute approximate surface area is 313 Å². The molecule has 0 aromatic carbocycles. The second-order valence-corrected chi connectivity index (χ2v) is 12.4. The summed E-state index contributed by atoms with van der Waals surface area (Å²) in [5.41, 5.74) is 43.7. The number of nitrogens with zero attached hydrogens (tertiary/aromatic N) is 5. The first-order valence-corrected chi connectivity index (χ1v) is 17.6. The zero-order valence-electron chi connectivity index (χ0n) is 31.0. The molecule has 0 bridgehead atoms. The fourth-order valence-corrected chi connectivity index (χ4v) is 4.71. The average molecular weight is 770 g/mol. The monoisotopic (exact) mass is 769 g/mol. The Morgan fingerprint density at radius 3 is 1.54 bits per heavy atom. The lowest BCUT2D eigenvalue weighted by Crippen LogP contribution is -2.58. The number of carboxylic acids is 1. The van der Waals surface area contributed by atoms with Crippen LogP contribution in [0.25, 0.3) is 10.4 Å². The highest BCUT2D eigenvalue weighted by Gasteiger charge is 2.30. The summed E-state index contributed by atoms with van der Waals surface area (Å²) in [7, 11) is 0. The Balaban J connectivity index is 5.57. The minimum absolute atomic E-state index is 0.0205. The lowest BCUT2D eigenvalue weighted by molar-refractivity contribution is -0.142. The molecule has 0 aliphatic rings. The van der Waals surface area contributed by atoms with Gasteiger partial charge in [-0.25, -0.2) is 4.79 Å². The maximum Gasteiger partial charge on any atom is 0.326 e. The fraction of sp³-hybridized carbons (Fsp3) is 0.733. The van der Waals surface area contributed by atoms with Crippen molar-refractivity contribution in [1.29, 1.82) is 0 Å². The molecule has 0 aromatic rings. The minimum atomic E-state index is -1.29. The van der Waals surface area contributed by atoms with Crippen molar-refractivity contribution in [3.8, 4) is 0 Å². The van der Waals surface area contributed by atoms with E-state index in [4.69, 9.17) is 39.9 Å². The Bertz CT molecular complexity index is 1320. The van der Waals surface area contributed by atoms with E-state index in [1.165, 1.54) is 13.8 Å². The Morgan fingerprint density at radius 2 is 1.07 bits per heavy atom. The van der Waals surface area contributed by atoms with Crippen LogP contribution in [-0.2, 0) is 28.8 Å². The first-order chi connectivity index (χ1) is 25.5. The van der Waals surface area contributed by atoms with E-state index in [1.807, 2.05) is 0 Å². The van der Waals surface area contributed by atoms with Crippen molar-refractivity contribution in [1.82, 2.24) is 32.0 Å². The van der Waals surface area contributed by atoms with E-state index < -0.39 is 71.8 Å². The third-order valence-electron chi connectivity index (χ3n) is 7.73. The topological polar surface area (TPSA) is 424 Å². The van der Waals surface area contributed by atoms with Gasteiger partial charge in [-0.3, -0.25) is 39.4 Å². The van der Waals surface area contributed by atoms with Gasteiger partial charge in [0.1, 0.15) is 30.2 Å². The second-order valence-electron chi connectivity index (χ2n) is 12.4. The summed E-state index contributed by atoms with van der Waals surface area (Å²) >= 11 is 0. The smallest absolute Gasteiger partial charge is 0.326 e. The second kappa shape index (κ2) is 28.0. The summed E-state index contributed by atoms with van der Waals surface area (Å²) in [4.78, 5) is 87.4. The lowest BCUT2D eigenvalue weighted by Gasteiger charge is -2.25. The Hall–Kier alpha value is -5.61. The number of carbonyl (C=O) groups excluding carboxylic acids is 5. The molecule has 0 saturated carbocycles. The molecule has 0 saturated heterocycles. The number of nitrogens with one attached hydrogen (secondary N) is 6. The number of amides is 5. The maximum atomic E-state index is 13.3. The van der Waals surface area contributed by atoms with Gasteiger partial charge in [-0.05, 0) is 89.8 Å². The van der Waals surface area contributed by atoms with Gasteiger partial charge in [0.2, 0.25) is 29.5 Å². The van der Waals surface area contributed by atoms with E-state index in [9.17, 15) is 33.9 Å². The predicted octanol–water partition coefficient (Wildman–Crippen LogP) is -3.92. The third-order valence-corrected chi connectivity index (χ3v) is 7.73. The molecule has 0 unspecified atom stereocenters. The molecule has 0 aliphatic heterocycles. The highest BCUT2D eigenvalue weighted by molar-refractivity contribution is 5.96. The number of rotatable bonds is 29. The van der Waals surface area contributed by atoms with E-state index >= 15 is 0 Å². The molecule has 0 rings (SSSR count). The fourth-order valence-electron chi connectivity index (χ4n) is 4.71. The summed E-state index contributed by atoms with van der Waals surface area (Å²) in [5.74, 6) is -5.15. The van der Waals surface area contributed by atoms with E-state index in [-0.39, 0.29) is 63.5 Å². The van der Waals surface area contributed by atoms with Crippen LogP contribution in [0.5, 0.6) is 0 Å². The Kier molecular flexibility index (Phi) is 25.1. The van der Waals surface area contributed by atoms with Gasteiger partial charge in [0.15, 0.2) is 11.9 Å². The predicted molar refractivity (Wildman–Crippen MR) is 200 cm³/mol. The molecule has 0 radical (unpaired) electrons. The van der Waals surface area contributed by atoms with Crippen molar-refractivity contribution in [3.05, 3.63) is 10.4 Å². The van der Waals surface area contributed by atoms with Crippen molar-refractivity contribution in [3.63, 3.8) is 0 Å². The molecular weight excluding hydrogens is 710 g/mol. The van der Waals surface area contributed by atoms with Crippen molar-refractivity contribution >= 4 is 47.4 Å². The zero-order chi connectivity index (χ0) is 41.1. The number of aliphatic carboxylic acids is 1. The molecule has 0 heterocycles. The van der Waals surface area contributed by atoms with Gasteiger partial charge in [0.05, 0.1) is 12.6 Å². The Morgan fingerprint density at radius 1 is 0.630 bits per heavy atom. The van der Waals surface area contributed by atoms with E-state index in [2.05, 4.69) is 52.1 Å². The lowest BCUT2D eigenvalue weighted by atomic mass is 10.1. The SMILES string of the molecule is C[C@H](NC(=O)[C@H](CCCCN)NC(=O)[C@H](C)NC(=O)[C@H](CCCN=C(N)N)NC(=O)[C@@H](N)CCCCNN=[N+]=[N-])C(=O)N[C@@H](CCCN=C(N)N)C(=O)O. The average Bonchev–Trinajstić information content (AvgIpc) is 3.10. The number of azide groups is 1. The molecule has 306 valence electrons. The molecule has 0 aliphatic carbocycles. The number of unbranched alkanes of at least 4 members (excludes halogenated alkanes) is 2. The number of carbonyl (C=O) groups is 6. The van der Waals surface area contributed by atoms with Gasteiger partial charge >= 0.3 is 5.97 Å². The number of carboxylic acid groups (broad SMARTS) is 1. The highest BCUT2D eigenvalue weighted by atomic mass is 16.4. The van der Waals surface area contributed by atoms with Crippen LogP contribution in [0.4, 0.5) is 0 Å². The van der Waals surface area contributed by atoms with Gasteiger partial charge in [-0.2, -0.15) is 4.91 Å². The van der Waals surface area contributed by atoms with Crippen LogP contribution in [0.2, 0.25) is 0 Å². The molecule has 24 heteroatoms. The van der Waals surface area contributed by atoms with Crippen LogP contribution in [0, 0.1) is 0 Å². The standard InChI is InChI=1S/C30H59N17O7/c1-17(41-27(52)21(11-7-14-38-29(33)34)44-25(50)19(32)9-4-6-16-40-47-46-37)23(48)43-20(10-3-5-13-31)26(51)42-18(2)24(49)45-22(28(53)54)12-8-15-39-30(35)36/h17-22,40H,3-16,31-32H2,1-2H3,(H,41,52)(H,42,51)(H,43,48)(H,44,50)(H,45,49)(H,53,54)(H4,33,34,38)(H4,35,36,39)/t17-,18-,19-,20-,21-,22-/m0/s1. The largest absolute Gasteiger partial charge is 0.480 e. The van der Waals surface area contributed by atoms with Gasteiger partial charge < -0.3 is 66.1 Å². The van der Waals surface area contributed by atoms with Crippen LogP contribution in [0.15, 0.2) is 15.2 Å². The van der Waals surface area contributed by atoms with Crippen molar-refractivity contribution in [2.75, 3.05) is 26.2 Å². The summed E-state index contributed by atoms with van der Waals surface area (Å²) < 4.78 is 0. The summed E-state index contributed by atoms with van der Waals surface area (Å²) in [6.07, 6.45) is 3.13. The van der Waals surface area contributed by atoms with Crippen molar-refractivity contribution in [2.45, 2.75) is 114 Å². The zero-order valence-corrected chi connectivity index (χ0v) is 31.0. The molecular formula is C30H59N17O7. The molecule has 54 heavy (non-hydrogen) atoms. The number of hydrogen-bond donors (Lipinski definition) is 13. The quantitative estimate of drug-likeness (QED) is 0.00658. The normalized spacial score (nSPS) is 13.9. The van der Waals surface area contributed by atoms with Gasteiger partial charge in [-0.1, -0.05) is 0 Å². The highest BCUT2D eigenvalue weighted by Crippen LogP contribution is 2.06. The molecule has 5 amide bonds. The summed E-state index contributed by atoms with van der Waals surface area (Å²) in [6, 6.07) is -6.88. The summed E-state index contributed by atoms with van der Waals surface area (Å²) in [6.45, 7) is 3.75. The van der Waals surface area contributed by atoms with Gasteiger partial charge in [-0.15, -0.1) is 5.53 Å². The van der Waals surface area contributed by atoms with Crippen LogP contribution in [-0.4, -0.2) is 115 Å². The number of guanidine groups is 2. The molecule has 19 N–H and O–H groups in total. The summed E-state index contributed by atoms with van der Waals surface area (Å²) in [5, 5.41) is 25.3. The van der Waals surface area contributed by atoms with Crippen LogP contribution >= 0.6 is 0 Å². The van der Waals surface area contributed by atoms with E-state index in [1.54, 1.807) is 0 Å². The number of hydrogen-bond acceptors (Lipinski definition) is 11. The molecule has 6 atom stereocenters. The number of aliphatic imine (C=N–C) groups is 2.